The van der Waals surface area contributed by atoms with E-state index in [1.165, 1.54) is 5.56 Å². The van der Waals surface area contributed by atoms with Crippen molar-refractivity contribution in [3.63, 3.8) is 0 Å². The minimum absolute atomic E-state index is 0.258. The summed E-state index contributed by atoms with van der Waals surface area (Å²) in [5.74, 6) is -0.0737. The number of carbonyl (C=O) groups is 1. The summed E-state index contributed by atoms with van der Waals surface area (Å²) in [5.41, 5.74) is 3.24. The van der Waals surface area contributed by atoms with Gasteiger partial charge in [-0.3, -0.25) is 15.1 Å². The molecule has 0 bridgehead atoms. The smallest absolute Gasteiger partial charge is 0.276 e. The standard InChI is InChI=1S/C17H14N4O/c1-12-5-7-13(8-6-12)14-9-11-19-17(20-14)21-16(22)15-4-2-3-10-18-15/h2-11H,1H3,(H,19,20,21,22). The molecule has 0 aliphatic carbocycles. The molecule has 1 N–H and O–H groups in total. The number of amides is 1. The van der Waals surface area contributed by atoms with Gasteiger partial charge in [-0.1, -0.05) is 35.9 Å². The Morgan fingerprint density at radius 1 is 0.955 bits per heavy atom. The Labute approximate surface area is 128 Å². The molecule has 0 radical (unpaired) electrons. The highest BCUT2D eigenvalue weighted by atomic mass is 16.2. The predicted molar refractivity (Wildman–Crippen MR) is 84.4 cm³/mol. The van der Waals surface area contributed by atoms with E-state index in [2.05, 4.69) is 20.3 Å². The summed E-state index contributed by atoms with van der Waals surface area (Å²) in [6.07, 6.45) is 3.19. The summed E-state index contributed by atoms with van der Waals surface area (Å²) in [6.45, 7) is 2.03. The number of hydrogen-bond donors (Lipinski definition) is 1. The molecule has 0 saturated heterocycles. The molecular weight excluding hydrogens is 276 g/mol. The molecule has 0 aliphatic rings. The lowest BCUT2D eigenvalue weighted by Crippen LogP contribution is -2.15. The van der Waals surface area contributed by atoms with Crippen molar-refractivity contribution in [2.45, 2.75) is 6.92 Å². The maximum absolute atomic E-state index is 12.1. The van der Waals surface area contributed by atoms with E-state index in [1.807, 2.05) is 31.2 Å². The highest BCUT2D eigenvalue weighted by Gasteiger charge is 2.09. The first-order valence-corrected chi connectivity index (χ1v) is 6.85. The summed E-state index contributed by atoms with van der Waals surface area (Å²) in [4.78, 5) is 24.5. The Morgan fingerprint density at radius 3 is 2.50 bits per heavy atom. The summed E-state index contributed by atoms with van der Waals surface area (Å²) in [5, 5.41) is 2.66. The van der Waals surface area contributed by atoms with Crippen LogP contribution in [0.3, 0.4) is 0 Å². The van der Waals surface area contributed by atoms with Crippen LogP contribution < -0.4 is 5.32 Å². The number of carbonyl (C=O) groups excluding carboxylic acids is 1. The van der Waals surface area contributed by atoms with E-state index < -0.39 is 0 Å². The zero-order chi connectivity index (χ0) is 15.4. The predicted octanol–water partition coefficient (Wildman–Crippen LogP) is 3.10. The van der Waals surface area contributed by atoms with Crippen LogP contribution in [-0.4, -0.2) is 20.9 Å². The monoisotopic (exact) mass is 290 g/mol. The molecule has 0 atom stereocenters. The fraction of sp³-hybridized carbons (Fsp3) is 0.0588. The zero-order valence-electron chi connectivity index (χ0n) is 12.0. The van der Waals surface area contributed by atoms with Crippen LogP contribution >= 0.6 is 0 Å². The maximum Gasteiger partial charge on any atom is 0.276 e. The van der Waals surface area contributed by atoms with Crippen LogP contribution in [0.25, 0.3) is 11.3 Å². The molecular formula is C17H14N4O. The van der Waals surface area contributed by atoms with Crippen LogP contribution in [0.5, 0.6) is 0 Å². The second-order valence-corrected chi connectivity index (χ2v) is 4.80. The van der Waals surface area contributed by atoms with Gasteiger partial charge in [-0.2, -0.15) is 0 Å². The van der Waals surface area contributed by atoms with Crippen molar-refractivity contribution >= 4 is 11.9 Å². The van der Waals surface area contributed by atoms with Crippen LogP contribution in [-0.2, 0) is 0 Å². The Bertz CT molecular complexity index is 785. The number of nitrogens with zero attached hydrogens (tertiary/aromatic N) is 3. The highest BCUT2D eigenvalue weighted by molar-refractivity contribution is 6.01. The Kier molecular flexibility index (Phi) is 3.87. The van der Waals surface area contributed by atoms with Crippen molar-refractivity contribution in [2.75, 3.05) is 5.32 Å². The van der Waals surface area contributed by atoms with Gasteiger partial charge in [0.05, 0.1) is 5.69 Å². The molecule has 5 nitrogen and oxygen atoms in total. The molecule has 1 aromatic carbocycles. The van der Waals surface area contributed by atoms with Gasteiger partial charge in [0.15, 0.2) is 0 Å². The van der Waals surface area contributed by atoms with Crippen molar-refractivity contribution < 1.29 is 4.79 Å². The van der Waals surface area contributed by atoms with E-state index in [-0.39, 0.29) is 11.9 Å². The van der Waals surface area contributed by atoms with E-state index in [9.17, 15) is 4.79 Å². The van der Waals surface area contributed by atoms with Gasteiger partial charge in [-0.25, -0.2) is 9.97 Å². The number of hydrogen-bond acceptors (Lipinski definition) is 4. The number of anilines is 1. The van der Waals surface area contributed by atoms with Crippen LogP contribution in [0.4, 0.5) is 5.95 Å². The van der Waals surface area contributed by atoms with Gasteiger partial charge >= 0.3 is 0 Å². The Morgan fingerprint density at radius 2 is 1.77 bits per heavy atom. The van der Waals surface area contributed by atoms with E-state index in [0.717, 1.165) is 11.3 Å². The maximum atomic E-state index is 12.1. The second kappa shape index (κ2) is 6.13. The number of benzene rings is 1. The molecule has 0 spiro atoms. The first-order valence-electron chi connectivity index (χ1n) is 6.85. The van der Waals surface area contributed by atoms with Gasteiger partial charge in [0.25, 0.3) is 5.91 Å². The van der Waals surface area contributed by atoms with E-state index >= 15 is 0 Å². The van der Waals surface area contributed by atoms with Crippen molar-refractivity contribution in [1.29, 1.82) is 0 Å². The average molecular weight is 290 g/mol. The molecule has 108 valence electrons. The van der Waals surface area contributed by atoms with Gasteiger partial charge in [-0.15, -0.1) is 0 Å². The largest absolute Gasteiger partial charge is 0.289 e. The van der Waals surface area contributed by atoms with Crippen molar-refractivity contribution in [3.8, 4) is 11.3 Å². The summed E-state index contributed by atoms with van der Waals surface area (Å²) in [6, 6.07) is 15.0. The summed E-state index contributed by atoms with van der Waals surface area (Å²) >= 11 is 0. The highest BCUT2D eigenvalue weighted by Crippen LogP contribution is 2.18. The summed E-state index contributed by atoms with van der Waals surface area (Å²) < 4.78 is 0. The van der Waals surface area contributed by atoms with Crippen molar-refractivity contribution in [2.24, 2.45) is 0 Å². The lowest BCUT2D eigenvalue weighted by atomic mass is 10.1. The van der Waals surface area contributed by atoms with Gasteiger partial charge in [0, 0.05) is 18.0 Å². The first-order chi connectivity index (χ1) is 10.7. The molecule has 0 fully saturated rings. The summed E-state index contributed by atoms with van der Waals surface area (Å²) in [7, 11) is 0. The molecule has 0 unspecified atom stereocenters. The van der Waals surface area contributed by atoms with Crippen molar-refractivity contribution in [1.82, 2.24) is 15.0 Å². The molecule has 0 aliphatic heterocycles. The van der Waals surface area contributed by atoms with Crippen LogP contribution in [0, 0.1) is 6.92 Å². The lowest BCUT2D eigenvalue weighted by molar-refractivity contribution is 0.102. The second-order valence-electron chi connectivity index (χ2n) is 4.80. The zero-order valence-corrected chi connectivity index (χ0v) is 12.0. The van der Waals surface area contributed by atoms with Gasteiger partial charge < -0.3 is 0 Å². The number of aromatic nitrogens is 3. The Hall–Kier alpha value is -3.08. The minimum atomic E-state index is -0.332. The Balaban J connectivity index is 1.82. The molecule has 2 aromatic heterocycles. The van der Waals surface area contributed by atoms with Crippen LogP contribution in [0.1, 0.15) is 16.1 Å². The third-order valence-corrected chi connectivity index (χ3v) is 3.13. The lowest BCUT2D eigenvalue weighted by Gasteiger charge is -2.05. The van der Waals surface area contributed by atoms with Crippen LogP contribution in [0.15, 0.2) is 60.9 Å². The minimum Gasteiger partial charge on any atom is -0.289 e. The van der Waals surface area contributed by atoms with Gasteiger partial charge in [0.2, 0.25) is 5.95 Å². The first kappa shape index (κ1) is 13.9. The topological polar surface area (TPSA) is 67.8 Å². The fourth-order valence-corrected chi connectivity index (χ4v) is 1.97. The SMILES string of the molecule is Cc1ccc(-c2ccnc(NC(=O)c3ccccn3)n2)cc1. The van der Waals surface area contributed by atoms with Gasteiger partial charge in [-0.05, 0) is 25.1 Å². The quantitative estimate of drug-likeness (QED) is 0.804. The molecule has 3 aromatic rings. The number of rotatable bonds is 3. The molecule has 0 saturated carbocycles. The third kappa shape index (κ3) is 3.15. The normalized spacial score (nSPS) is 10.2. The molecule has 2 heterocycles. The average Bonchev–Trinajstić information content (AvgIpc) is 2.56. The van der Waals surface area contributed by atoms with Crippen molar-refractivity contribution in [3.05, 3.63) is 72.2 Å². The molecule has 3 rings (SSSR count). The van der Waals surface area contributed by atoms with Gasteiger partial charge in [0.1, 0.15) is 5.69 Å². The number of nitrogens with one attached hydrogen (secondary N) is 1. The number of pyridine rings is 1. The number of aryl methyl sites for hydroxylation is 1. The van der Waals surface area contributed by atoms with E-state index in [4.69, 9.17) is 0 Å². The van der Waals surface area contributed by atoms with E-state index in [0.29, 0.717) is 5.69 Å². The third-order valence-electron chi connectivity index (χ3n) is 3.13. The van der Waals surface area contributed by atoms with E-state index in [1.54, 1.807) is 36.7 Å². The molecule has 22 heavy (non-hydrogen) atoms. The molecule has 1 amide bonds. The van der Waals surface area contributed by atoms with Crippen LogP contribution in [0.2, 0.25) is 0 Å². The fourth-order valence-electron chi connectivity index (χ4n) is 1.97. The molecule has 5 heteroatoms.